The number of halogens is 1. The molecule has 2 rings (SSSR count). The van der Waals surface area contributed by atoms with E-state index in [-0.39, 0.29) is 15.8 Å². The van der Waals surface area contributed by atoms with E-state index in [4.69, 9.17) is 11.6 Å². The normalized spacial score (nSPS) is 22.6. The number of piperidine rings is 1. The Hall–Kier alpha value is -1.11. The number of hydrogen-bond donors (Lipinski definition) is 1. The number of amides is 1. The molecule has 0 aromatic heterocycles. The van der Waals surface area contributed by atoms with Crippen molar-refractivity contribution >= 4 is 27.5 Å². The van der Waals surface area contributed by atoms with Crippen molar-refractivity contribution in [2.75, 3.05) is 20.1 Å². The second kappa shape index (κ2) is 6.56. The predicted molar refractivity (Wildman–Crippen MR) is 86.5 cm³/mol. The highest BCUT2D eigenvalue weighted by atomic mass is 35.5. The van der Waals surface area contributed by atoms with Gasteiger partial charge in [0.05, 0.1) is 5.02 Å². The molecule has 1 aromatic rings. The minimum atomic E-state index is -3.69. The van der Waals surface area contributed by atoms with E-state index >= 15 is 0 Å². The fraction of sp³-hybridized carbons (Fsp3) is 0.533. The van der Waals surface area contributed by atoms with Crippen LogP contribution in [-0.2, 0) is 10.0 Å². The van der Waals surface area contributed by atoms with Crippen LogP contribution in [0.4, 0.5) is 0 Å². The van der Waals surface area contributed by atoms with Crippen LogP contribution < -0.4 is 4.72 Å². The molecule has 5 nitrogen and oxygen atoms in total. The number of nitrogens with zero attached hydrogens (tertiary/aromatic N) is 1. The molecule has 1 amide bonds. The zero-order chi connectivity index (χ0) is 16.5. The first-order valence-electron chi connectivity index (χ1n) is 7.27. The molecule has 1 saturated heterocycles. The molecule has 0 saturated carbocycles. The highest BCUT2D eigenvalue weighted by Crippen LogP contribution is 2.26. The van der Waals surface area contributed by atoms with Gasteiger partial charge in [0.2, 0.25) is 10.0 Å². The van der Waals surface area contributed by atoms with Gasteiger partial charge in [-0.15, -0.1) is 0 Å². The lowest BCUT2D eigenvalue weighted by atomic mass is 9.91. The smallest absolute Gasteiger partial charge is 0.253 e. The Morgan fingerprint density at radius 2 is 1.86 bits per heavy atom. The van der Waals surface area contributed by atoms with Gasteiger partial charge in [-0.3, -0.25) is 4.79 Å². The number of benzene rings is 1. The summed E-state index contributed by atoms with van der Waals surface area (Å²) < 4.78 is 26.1. The molecule has 1 aliphatic rings. The van der Waals surface area contributed by atoms with Gasteiger partial charge in [-0.25, -0.2) is 13.1 Å². The fourth-order valence-electron chi connectivity index (χ4n) is 2.96. The lowest BCUT2D eigenvalue weighted by Gasteiger charge is -2.35. The van der Waals surface area contributed by atoms with Crippen molar-refractivity contribution in [3.05, 3.63) is 28.8 Å². The number of carbonyl (C=O) groups excluding carboxylic acids is 1. The first-order valence-corrected chi connectivity index (χ1v) is 9.13. The number of sulfonamides is 1. The van der Waals surface area contributed by atoms with Gasteiger partial charge in [0.15, 0.2) is 0 Å². The molecule has 1 aromatic carbocycles. The largest absolute Gasteiger partial charge is 0.338 e. The standard InChI is InChI=1S/C15H21ClN2O3S/c1-10-6-11(2)9-18(8-10)15(19)12-4-5-13(16)14(7-12)22(20,21)17-3/h4-5,7,10-11,17H,6,8-9H2,1-3H3. The van der Waals surface area contributed by atoms with Gasteiger partial charge in [0.25, 0.3) is 5.91 Å². The molecular formula is C15H21ClN2O3S. The van der Waals surface area contributed by atoms with E-state index in [1.54, 1.807) is 11.0 Å². The maximum absolute atomic E-state index is 12.6. The molecular weight excluding hydrogens is 324 g/mol. The molecule has 0 radical (unpaired) electrons. The van der Waals surface area contributed by atoms with E-state index in [0.717, 1.165) is 6.42 Å². The summed E-state index contributed by atoms with van der Waals surface area (Å²) in [6.07, 6.45) is 1.10. The number of carbonyl (C=O) groups is 1. The van der Waals surface area contributed by atoms with Crippen molar-refractivity contribution in [2.45, 2.75) is 25.2 Å². The summed E-state index contributed by atoms with van der Waals surface area (Å²) in [7, 11) is -2.38. The molecule has 2 atom stereocenters. The number of rotatable bonds is 3. The molecule has 1 N–H and O–H groups in total. The molecule has 1 aliphatic heterocycles. The van der Waals surface area contributed by atoms with Crippen molar-refractivity contribution in [1.82, 2.24) is 9.62 Å². The van der Waals surface area contributed by atoms with E-state index in [1.807, 2.05) is 0 Å². The summed E-state index contributed by atoms with van der Waals surface area (Å²) in [4.78, 5) is 14.4. The van der Waals surface area contributed by atoms with Crippen molar-refractivity contribution in [3.63, 3.8) is 0 Å². The van der Waals surface area contributed by atoms with E-state index in [9.17, 15) is 13.2 Å². The van der Waals surface area contributed by atoms with Crippen LogP contribution >= 0.6 is 11.6 Å². The van der Waals surface area contributed by atoms with Crippen LogP contribution in [0.3, 0.4) is 0 Å². The Kier molecular flexibility index (Phi) is 5.14. The minimum Gasteiger partial charge on any atom is -0.338 e. The van der Waals surface area contributed by atoms with Gasteiger partial charge >= 0.3 is 0 Å². The molecule has 7 heteroatoms. The topological polar surface area (TPSA) is 66.5 Å². The molecule has 0 bridgehead atoms. The van der Waals surface area contributed by atoms with Crippen LogP contribution in [0.2, 0.25) is 5.02 Å². The Labute approximate surface area is 136 Å². The average molecular weight is 345 g/mol. The zero-order valence-electron chi connectivity index (χ0n) is 13.0. The van der Waals surface area contributed by atoms with E-state index in [0.29, 0.717) is 30.5 Å². The lowest BCUT2D eigenvalue weighted by molar-refractivity contribution is 0.0623. The second-order valence-electron chi connectivity index (χ2n) is 6.01. The van der Waals surface area contributed by atoms with E-state index < -0.39 is 10.0 Å². The Balaban J connectivity index is 2.33. The molecule has 122 valence electrons. The summed E-state index contributed by atoms with van der Waals surface area (Å²) in [5, 5.41) is 0.103. The van der Waals surface area contributed by atoms with Gasteiger partial charge in [0, 0.05) is 18.7 Å². The van der Waals surface area contributed by atoms with Gasteiger partial charge in [-0.2, -0.15) is 0 Å². The monoisotopic (exact) mass is 344 g/mol. The third-order valence-corrected chi connectivity index (χ3v) is 5.79. The quantitative estimate of drug-likeness (QED) is 0.915. The van der Waals surface area contributed by atoms with Gasteiger partial charge in [-0.1, -0.05) is 25.4 Å². The van der Waals surface area contributed by atoms with Crippen LogP contribution in [0.5, 0.6) is 0 Å². The maximum atomic E-state index is 12.6. The van der Waals surface area contributed by atoms with Crippen molar-refractivity contribution in [3.8, 4) is 0 Å². The highest BCUT2D eigenvalue weighted by molar-refractivity contribution is 7.89. The maximum Gasteiger partial charge on any atom is 0.253 e. The lowest BCUT2D eigenvalue weighted by Crippen LogP contribution is -2.42. The number of nitrogens with one attached hydrogen (secondary N) is 1. The molecule has 22 heavy (non-hydrogen) atoms. The summed E-state index contributed by atoms with van der Waals surface area (Å²) in [6.45, 7) is 5.63. The van der Waals surface area contributed by atoms with Crippen molar-refractivity contribution < 1.29 is 13.2 Å². The summed E-state index contributed by atoms with van der Waals surface area (Å²) >= 11 is 5.95. The van der Waals surface area contributed by atoms with Crippen LogP contribution in [0.15, 0.2) is 23.1 Å². The molecule has 1 heterocycles. The molecule has 1 fully saturated rings. The molecule has 0 spiro atoms. The zero-order valence-corrected chi connectivity index (χ0v) is 14.5. The first-order chi connectivity index (χ1) is 10.2. The SMILES string of the molecule is CNS(=O)(=O)c1cc(C(=O)N2CC(C)CC(C)C2)ccc1Cl. The predicted octanol–water partition coefficient (Wildman–Crippen LogP) is 2.37. The van der Waals surface area contributed by atoms with Crippen molar-refractivity contribution in [2.24, 2.45) is 11.8 Å². The van der Waals surface area contributed by atoms with Crippen molar-refractivity contribution in [1.29, 1.82) is 0 Å². The Morgan fingerprint density at radius 3 is 2.41 bits per heavy atom. The number of hydrogen-bond acceptors (Lipinski definition) is 3. The van der Waals surface area contributed by atoms with Crippen LogP contribution in [0, 0.1) is 11.8 Å². The highest BCUT2D eigenvalue weighted by Gasteiger charge is 2.27. The molecule has 2 unspecified atom stereocenters. The number of likely N-dealkylation sites (tertiary alicyclic amines) is 1. The van der Waals surface area contributed by atoms with E-state index in [2.05, 4.69) is 18.6 Å². The van der Waals surface area contributed by atoms with Gasteiger partial charge in [0.1, 0.15) is 4.90 Å². The second-order valence-corrected chi connectivity index (χ2v) is 8.27. The third-order valence-electron chi connectivity index (χ3n) is 3.89. The van der Waals surface area contributed by atoms with Gasteiger partial charge < -0.3 is 4.90 Å². The summed E-state index contributed by atoms with van der Waals surface area (Å²) in [5.41, 5.74) is 0.347. The fourth-order valence-corrected chi connectivity index (χ4v) is 4.21. The Bertz CT molecular complexity index is 665. The van der Waals surface area contributed by atoms with Gasteiger partial charge in [-0.05, 0) is 43.5 Å². The first kappa shape index (κ1) is 17.2. The van der Waals surface area contributed by atoms with E-state index in [1.165, 1.54) is 19.2 Å². The summed E-state index contributed by atoms with van der Waals surface area (Å²) in [5.74, 6) is 0.739. The van der Waals surface area contributed by atoms with Crippen LogP contribution in [0.25, 0.3) is 0 Å². The minimum absolute atomic E-state index is 0.0689. The van der Waals surface area contributed by atoms with Crippen LogP contribution in [-0.4, -0.2) is 39.4 Å². The summed E-state index contributed by atoms with van der Waals surface area (Å²) in [6, 6.07) is 4.37. The Morgan fingerprint density at radius 1 is 1.27 bits per heavy atom. The average Bonchev–Trinajstić information content (AvgIpc) is 2.45. The molecule has 0 aliphatic carbocycles. The third kappa shape index (κ3) is 3.62. The van der Waals surface area contributed by atoms with Crippen LogP contribution in [0.1, 0.15) is 30.6 Å².